The van der Waals surface area contributed by atoms with Crippen molar-refractivity contribution < 1.29 is 9.59 Å². The Morgan fingerprint density at radius 2 is 1.20 bits per heavy atom. The standard InChI is InChI=1S/C10H18O2S3/c1-9(11)14-7-3-5-13-6-4-8-15-10(2)12/h3-8H2,1-2H3. The van der Waals surface area contributed by atoms with Crippen LogP contribution in [0.4, 0.5) is 0 Å². The van der Waals surface area contributed by atoms with E-state index in [9.17, 15) is 9.59 Å². The molecule has 0 aliphatic carbocycles. The number of hydrogen-bond acceptors (Lipinski definition) is 5. The van der Waals surface area contributed by atoms with Gasteiger partial charge in [0.25, 0.3) is 0 Å². The van der Waals surface area contributed by atoms with E-state index in [0.717, 1.165) is 35.9 Å². The van der Waals surface area contributed by atoms with Crippen molar-refractivity contribution >= 4 is 45.5 Å². The Hall–Kier alpha value is 0.390. The normalized spacial score (nSPS) is 10.3. The van der Waals surface area contributed by atoms with Crippen LogP contribution in [0.2, 0.25) is 0 Å². The second kappa shape index (κ2) is 10.9. The summed E-state index contributed by atoms with van der Waals surface area (Å²) >= 11 is 4.71. The van der Waals surface area contributed by atoms with Gasteiger partial charge >= 0.3 is 0 Å². The quantitative estimate of drug-likeness (QED) is 0.631. The molecule has 0 fully saturated rings. The summed E-state index contributed by atoms with van der Waals surface area (Å²) in [6.07, 6.45) is 2.18. The van der Waals surface area contributed by atoms with Gasteiger partial charge in [-0.2, -0.15) is 11.8 Å². The summed E-state index contributed by atoms with van der Waals surface area (Å²) < 4.78 is 0. The third-order valence-electron chi connectivity index (χ3n) is 1.48. The first kappa shape index (κ1) is 15.4. The van der Waals surface area contributed by atoms with Gasteiger partial charge in [-0.1, -0.05) is 23.5 Å². The van der Waals surface area contributed by atoms with Crippen molar-refractivity contribution in [3.63, 3.8) is 0 Å². The molecule has 0 atom stereocenters. The van der Waals surface area contributed by atoms with Gasteiger partial charge in [0, 0.05) is 25.4 Å². The van der Waals surface area contributed by atoms with Crippen LogP contribution in [0.3, 0.4) is 0 Å². The van der Waals surface area contributed by atoms with E-state index in [1.165, 1.54) is 23.5 Å². The molecule has 0 saturated heterocycles. The molecule has 0 heterocycles. The second-order valence-corrected chi connectivity index (χ2v) is 6.77. The van der Waals surface area contributed by atoms with E-state index in [1.807, 2.05) is 11.8 Å². The first-order chi connectivity index (χ1) is 7.13. The number of carbonyl (C=O) groups excluding carboxylic acids is 2. The summed E-state index contributed by atoms with van der Waals surface area (Å²) in [4.78, 5) is 21.2. The summed E-state index contributed by atoms with van der Waals surface area (Å²) in [6, 6.07) is 0. The van der Waals surface area contributed by atoms with Crippen molar-refractivity contribution in [2.24, 2.45) is 0 Å². The molecular weight excluding hydrogens is 248 g/mol. The molecule has 0 aromatic rings. The van der Waals surface area contributed by atoms with Crippen LogP contribution in [-0.2, 0) is 9.59 Å². The van der Waals surface area contributed by atoms with E-state index in [4.69, 9.17) is 0 Å². The van der Waals surface area contributed by atoms with Gasteiger partial charge in [-0.05, 0) is 24.3 Å². The molecule has 0 amide bonds. The fourth-order valence-corrected chi connectivity index (χ4v) is 3.27. The molecule has 0 spiro atoms. The molecule has 2 nitrogen and oxygen atoms in total. The molecule has 0 bridgehead atoms. The van der Waals surface area contributed by atoms with Gasteiger partial charge < -0.3 is 0 Å². The molecule has 88 valence electrons. The highest BCUT2D eigenvalue weighted by molar-refractivity contribution is 8.13. The lowest BCUT2D eigenvalue weighted by Crippen LogP contribution is -1.92. The van der Waals surface area contributed by atoms with Gasteiger partial charge in [-0.15, -0.1) is 0 Å². The van der Waals surface area contributed by atoms with Crippen LogP contribution in [0.15, 0.2) is 0 Å². The summed E-state index contributed by atoms with van der Waals surface area (Å²) in [6.45, 7) is 3.22. The van der Waals surface area contributed by atoms with E-state index >= 15 is 0 Å². The smallest absolute Gasteiger partial charge is 0.185 e. The molecule has 0 saturated carbocycles. The lowest BCUT2D eigenvalue weighted by atomic mass is 10.6. The van der Waals surface area contributed by atoms with Crippen LogP contribution in [-0.4, -0.2) is 33.2 Å². The first-order valence-corrected chi connectivity index (χ1v) is 8.10. The third kappa shape index (κ3) is 14.4. The lowest BCUT2D eigenvalue weighted by Gasteiger charge is -2.00. The third-order valence-corrected chi connectivity index (χ3v) is 4.43. The Morgan fingerprint density at radius 3 is 1.53 bits per heavy atom. The van der Waals surface area contributed by atoms with Crippen molar-refractivity contribution in [1.29, 1.82) is 0 Å². The Bertz CT molecular complexity index is 175. The molecule has 0 unspecified atom stereocenters. The first-order valence-electron chi connectivity index (χ1n) is 4.97. The number of hydrogen-bond donors (Lipinski definition) is 0. The van der Waals surface area contributed by atoms with Crippen molar-refractivity contribution in [3.8, 4) is 0 Å². The Labute approximate surface area is 105 Å². The minimum atomic E-state index is 0.206. The second-order valence-electron chi connectivity index (χ2n) is 3.00. The molecule has 0 N–H and O–H groups in total. The van der Waals surface area contributed by atoms with E-state index in [2.05, 4.69) is 0 Å². The zero-order valence-electron chi connectivity index (χ0n) is 9.28. The van der Waals surface area contributed by atoms with Gasteiger partial charge in [-0.3, -0.25) is 9.59 Å². The molecule has 0 aromatic heterocycles. The maximum Gasteiger partial charge on any atom is 0.185 e. The van der Waals surface area contributed by atoms with E-state index in [1.54, 1.807) is 13.8 Å². The largest absolute Gasteiger partial charge is 0.288 e. The van der Waals surface area contributed by atoms with Crippen molar-refractivity contribution in [1.82, 2.24) is 0 Å². The average Bonchev–Trinajstić information content (AvgIpc) is 2.14. The SMILES string of the molecule is CC(=O)SCCCSCCCSC(C)=O. The van der Waals surface area contributed by atoms with Crippen LogP contribution >= 0.6 is 35.3 Å². The number of rotatable bonds is 8. The zero-order chi connectivity index (χ0) is 11.5. The van der Waals surface area contributed by atoms with Gasteiger partial charge in [0.1, 0.15) is 0 Å². The molecule has 5 heteroatoms. The van der Waals surface area contributed by atoms with Crippen LogP contribution in [0.5, 0.6) is 0 Å². The minimum Gasteiger partial charge on any atom is -0.288 e. The van der Waals surface area contributed by atoms with E-state index in [-0.39, 0.29) is 10.2 Å². The molecule has 15 heavy (non-hydrogen) atoms. The van der Waals surface area contributed by atoms with Crippen molar-refractivity contribution in [2.75, 3.05) is 23.0 Å². The fourth-order valence-electron chi connectivity index (χ4n) is 0.856. The van der Waals surface area contributed by atoms with Gasteiger partial charge in [0.05, 0.1) is 0 Å². The molecular formula is C10H18O2S3. The molecule has 0 aliphatic rings. The predicted octanol–water partition coefficient (Wildman–Crippen LogP) is 3.06. The Balaban J connectivity index is 2.99. The topological polar surface area (TPSA) is 34.1 Å². The van der Waals surface area contributed by atoms with Gasteiger partial charge in [-0.25, -0.2) is 0 Å². The Kier molecular flexibility index (Phi) is 11.2. The molecule has 0 radical (unpaired) electrons. The summed E-state index contributed by atoms with van der Waals surface area (Å²) in [5.41, 5.74) is 0. The highest BCUT2D eigenvalue weighted by Crippen LogP contribution is 2.11. The summed E-state index contributed by atoms with van der Waals surface area (Å²) in [5.74, 6) is 4.10. The molecule has 0 aromatic carbocycles. The van der Waals surface area contributed by atoms with Crippen LogP contribution < -0.4 is 0 Å². The van der Waals surface area contributed by atoms with Gasteiger partial charge in [0.15, 0.2) is 10.2 Å². The zero-order valence-corrected chi connectivity index (χ0v) is 11.7. The maximum absolute atomic E-state index is 10.6. The minimum absolute atomic E-state index is 0.206. The monoisotopic (exact) mass is 266 g/mol. The van der Waals surface area contributed by atoms with Gasteiger partial charge in [0.2, 0.25) is 0 Å². The number of thioether (sulfide) groups is 3. The molecule has 0 rings (SSSR count). The van der Waals surface area contributed by atoms with Crippen LogP contribution in [0, 0.1) is 0 Å². The highest BCUT2D eigenvalue weighted by Gasteiger charge is 1.96. The maximum atomic E-state index is 10.6. The van der Waals surface area contributed by atoms with Crippen molar-refractivity contribution in [2.45, 2.75) is 26.7 Å². The lowest BCUT2D eigenvalue weighted by molar-refractivity contribution is -0.109. The van der Waals surface area contributed by atoms with E-state index < -0.39 is 0 Å². The Morgan fingerprint density at radius 1 is 0.800 bits per heavy atom. The highest BCUT2D eigenvalue weighted by atomic mass is 32.2. The number of carbonyl (C=O) groups is 2. The average molecular weight is 266 g/mol. The van der Waals surface area contributed by atoms with Crippen LogP contribution in [0.25, 0.3) is 0 Å². The summed E-state index contributed by atoms with van der Waals surface area (Å²) in [5, 5.41) is 0.413. The summed E-state index contributed by atoms with van der Waals surface area (Å²) in [7, 11) is 0. The predicted molar refractivity (Wildman–Crippen MR) is 72.8 cm³/mol. The molecule has 0 aliphatic heterocycles. The van der Waals surface area contributed by atoms with Crippen LogP contribution in [0.1, 0.15) is 26.7 Å². The fraction of sp³-hybridized carbons (Fsp3) is 0.800. The van der Waals surface area contributed by atoms with E-state index in [0.29, 0.717) is 0 Å². The van der Waals surface area contributed by atoms with Crippen molar-refractivity contribution in [3.05, 3.63) is 0 Å².